The van der Waals surface area contributed by atoms with Crippen LogP contribution in [0.5, 0.6) is 0 Å². The number of amides is 1. The lowest BCUT2D eigenvalue weighted by Crippen LogP contribution is -2.47. The number of carbonyl (C=O) groups is 1. The van der Waals surface area contributed by atoms with Crippen molar-refractivity contribution in [1.29, 1.82) is 0 Å². The van der Waals surface area contributed by atoms with Crippen LogP contribution in [0.4, 0.5) is 10.1 Å². The number of hydrogen-bond acceptors (Lipinski definition) is 3. The number of hydrogen-bond donors (Lipinski definition) is 2. The van der Waals surface area contributed by atoms with Crippen LogP contribution in [-0.2, 0) is 0 Å². The minimum atomic E-state index is -0.418. The van der Waals surface area contributed by atoms with Gasteiger partial charge in [0.2, 0.25) is 0 Å². The number of nitrogens with two attached hydrogens (primary N) is 1. The molecule has 2 saturated heterocycles. The maximum Gasteiger partial charge on any atom is 0.253 e. The molecule has 20 heavy (non-hydrogen) atoms. The molecule has 1 aromatic carbocycles. The fourth-order valence-corrected chi connectivity index (χ4v) is 3.36. The summed E-state index contributed by atoms with van der Waals surface area (Å²) in [5.74, 6) is -0.614. The average molecular weight is 277 g/mol. The summed E-state index contributed by atoms with van der Waals surface area (Å²) >= 11 is 0. The van der Waals surface area contributed by atoms with Crippen molar-refractivity contribution < 1.29 is 9.18 Å². The van der Waals surface area contributed by atoms with Crippen LogP contribution in [-0.4, -0.2) is 36.0 Å². The van der Waals surface area contributed by atoms with Crippen LogP contribution in [0.1, 0.15) is 36.0 Å². The highest BCUT2D eigenvalue weighted by molar-refractivity contribution is 5.99. The molecule has 5 heteroatoms. The van der Waals surface area contributed by atoms with Gasteiger partial charge >= 0.3 is 0 Å². The van der Waals surface area contributed by atoms with Gasteiger partial charge < -0.3 is 16.0 Å². The summed E-state index contributed by atoms with van der Waals surface area (Å²) in [5.41, 5.74) is 6.26. The number of nitrogens with zero attached hydrogens (tertiary/aromatic N) is 1. The molecule has 3 N–H and O–H groups in total. The topological polar surface area (TPSA) is 58.4 Å². The number of nitrogens with one attached hydrogen (secondary N) is 1. The Morgan fingerprint density at radius 3 is 3.00 bits per heavy atom. The van der Waals surface area contributed by atoms with E-state index in [9.17, 15) is 9.18 Å². The van der Waals surface area contributed by atoms with Crippen molar-refractivity contribution in [3.63, 3.8) is 0 Å². The molecule has 2 heterocycles. The second kappa shape index (κ2) is 5.40. The Morgan fingerprint density at radius 2 is 2.20 bits per heavy atom. The molecule has 0 aliphatic carbocycles. The third kappa shape index (κ3) is 2.63. The van der Waals surface area contributed by atoms with Gasteiger partial charge in [0.05, 0.1) is 5.56 Å². The van der Waals surface area contributed by atoms with E-state index in [2.05, 4.69) is 10.2 Å². The van der Waals surface area contributed by atoms with Crippen molar-refractivity contribution in [2.75, 3.05) is 18.8 Å². The van der Waals surface area contributed by atoms with Gasteiger partial charge in [0.1, 0.15) is 5.82 Å². The second-order valence-electron chi connectivity index (χ2n) is 5.76. The van der Waals surface area contributed by atoms with E-state index in [0.717, 1.165) is 19.4 Å². The van der Waals surface area contributed by atoms with Gasteiger partial charge in [-0.3, -0.25) is 4.79 Å². The Labute approximate surface area is 118 Å². The van der Waals surface area contributed by atoms with E-state index in [4.69, 9.17) is 5.73 Å². The molecular weight excluding hydrogens is 257 g/mol. The zero-order valence-electron chi connectivity index (χ0n) is 11.4. The Bertz CT molecular complexity index is 520. The predicted molar refractivity (Wildman–Crippen MR) is 75.9 cm³/mol. The first-order valence-corrected chi connectivity index (χ1v) is 7.23. The Morgan fingerprint density at radius 1 is 1.35 bits per heavy atom. The van der Waals surface area contributed by atoms with Crippen LogP contribution in [0, 0.1) is 5.82 Å². The first kappa shape index (κ1) is 13.4. The fourth-order valence-electron chi connectivity index (χ4n) is 3.36. The number of anilines is 1. The molecule has 4 nitrogen and oxygen atoms in total. The van der Waals surface area contributed by atoms with E-state index in [-0.39, 0.29) is 17.6 Å². The van der Waals surface area contributed by atoms with Gasteiger partial charge in [0, 0.05) is 24.3 Å². The highest BCUT2D eigenvalue weighted by atomic mass is 19.1. The number of fused-ring (bicyclic) bond motifs is 1. The quantitative estimate of drug-likeness (QED) is 0.810. The number of nitrogen functional groups attached to an aromatic ring is 1. The summed E-state index contributed by atoms with van der Waals surface area (Å²) < 4.78 is 13.0. The van der Waals surface area contributed by atoms with Gasteiger partial charge in [0.25, 0.3) is 5.91 Å². The fraction of sp³-hybridized carbons (Fsp3) is 0.533. The molecule has 0 aromatic heterocycles. The number of carbonyl (C=O) groups excluding carboxylic acids is 1. The molecule has 0 radical (unpaired) electrons. The van der Waals surface area contributed by atoms with Crippen LogP contribution in [0.3, 0.4) is 0 Å². The molecule has 2 atom stereocenters. The van der Waals surface area contributed by atoms with Crippen molar-refractivity contribution >= 4 is 11.6 Å². The average Bonchev–Trinajstić information content (AvgIpc) is 2.85. The summed E-state index contributed by atoms with van der Waals surface area (Å²) in [6.07, 6.45) is 4.47. The van der Waals surface area contributed by atoms with E-state index in [1.807, 2.05) is 0 Å². The van der Waals surface area contributed by atoms with Crippen molar-refractivity contribution in [2.45, 2.75) is 37.8 Å². The zero-order valence-corrected chi connectivity index (χ0v) is 11.4. The first-order chi connectivity index (χ1) is 9.63. The molecule has 108 valence electrons. The Hall–Kier alpha value is -1.62. The molecule has 1 aromatic rings. The minimum absolute atomic E-state index is 0.195. The van der Waals surface area contributed by atoms with Crippen LogP contribution >= 0.6 is 0 Å². The number of halogens is 1. The predicted octanol–water partition coefficient (Wildman–Crippen LogP) is 1.76. The van der Waals surface area contributed by atoms with E-state index in [1.54, 1.807) is 0 Å². The normalized spacial score (nSPS) is 26.2. The van der Waals surface area contributed by atoms with Gasteiger partial charge in [-0.05, 0) is 50.4 Å². The molecule has 2 aliphatic heterocycles. The first-order valence-electron chi connectivity index (χ1n) is 7.23. The van der Waals surface area contributed by atoms with Crippen LogP contribution in [0.2, 0.25) is 0 Å². The monoisotopic (exact) mass is 277 g/mol. The number of piperidine rings is 1. The molecule has 0 saturated carbocycles. The highest BCUT2D eigenvalue weighted by Gasteiger charge is 2.32. The third-order valence-corrected chi connectivity index (χ3v) is 4.41. The number of benzene rings is 1. The van der Waals surface area contributed by atoms with E-state index >= 15 is 0 Å². The molecule has 0 spiro atoms. The molecule has 1 amide bonds. The summed E-state index contributed by atoms with van der Waals surface area (Å²) in [5, 5.41) is 3.04. The Balaban J connectivity index is 1.64. The maximum atomic E-state index is 13.0. The van der Waals surface area contributed by atoms with Crippen molar-refractivity contribution in [2.24, 2.45) is 0 Å². The standard InChI is InChI=1S/C15H20FN3O/c16-10-3-4-13(14(17)8-10)15(20)18-11-5-7-19-6-1-2-12(19)9-11/h3-4,8,11-12H,1-2,5-7,9,17H2,(H,18,20). The zero-order chi connectivity index (χ0) is 14.1. The third-order valence-electron chi connectivity index (χ3n) is 4.41. The van der Waals surface area contributed by atoms with Crippen molar-refractivity contribution in [1.82, 2.24) is 10.2 Å². The van der Waals surface area contributed by atoms with Gasteiger partial charge in [-0.15, -0.1) is 0 Å². The van der Waals surface area contributed by atoms with E-state index in [1.165, 1.54) is 37.6 Å². The summed E-state index contributed by atoms with van der Waals surface area (Å²) in [7, 11) is 0. The molecule has 3 rings (SSSR count). The minimum Gasteiger partial charge on any atom is -0.398 e. The summed E-state index contributed by atoms with van der Waals surface area (Å²) in [6, 6.07) is 4.72. The molecular formula is C15H20FN3O. The summed E-state index contributed by atoms with van der Waals surface area (Å²) in [4.78, 5) is 14.7. The largest absolute Gasteiger partial charge is 0.398 e. The molecule has 2 unspecified atom stereocenters. The van der Waals surface area contributed by atoms with Gasteiger partial charge in [-0.25, -0.2) is 4.39 Å². The lowest BCUT2D eigenvalue weighted by atomic mass is 9.97. The van der Waals surface area contributed by atoms with E-state index < -0.39 is 5.82 Å². The highest BCUT2D eigenvalue weighted by Crippen LogP contribution is 2.27. The Kier molecular flexibility index (Phi) is 3.61. The van der Waals surface area contributed by atoms with Gasteiger partial charge in [-0.2, -0.15) is 0 Å². The second-order valence-corrected chi connectivity index (χ2v) is 5.76. The van der Waals surface area contributed by atoms with Crippen molar-refractivity contribution in [3.8, 4) is 0 Å². The van der Waals surface area contributed by atoms with Crippen LogP contribution < -0.4 is 11.1 Å². The van der Waals surface area contributed by atoms with E-state index in [0.29, 0.717) is 11.6 Å². The lowest BCUT2D eigenvalue weighted by molar-refractivity contribution is 0.0897. The van der Waals surface area contributed by atoms with Crippen LogP contribution in [0.15, 0.2) is 18.2 Å². The maximum absolute atomic E-state index is 13.0. The number of rotatable bonds is 2. The van der Waals surface area contributed by atoms with Crippen molar-refractivity contribution in [3.05, 3.63) is 29.6 Å². The van der Waals surface area contributed by atoms with Gasteiger partial charge in [-0.1, -0.05) is 0 Å². The molecule has 2 aliphatic rings. The molecule has 0 bridgehead atoms. The SMILES string of the molecule is Nc1cc(F)ccc1C(=O)NC1CCN2CCCC2C1. The van der Waals surface area contributed by atoms with Gasteiger partial charge in [0.15, 0.2) is 0 Å². The smallest absolute Gasteiger partial charge is 0.253 e. The van der Waals surface area contributed by atoms with Crippen LogP contribution in [0.25, 0.3) is 0 Å². The molecule has 2 fully saturated rings. The summed E-state index contributed by atoms with van der Waals surface area (Å²) in [6.45, 7) is 2.24. The lowest BCUT2D eigenvalue weighted by Gasteiger charge is -2.35.